The maximum atomic E-state index is 12.2. The molecule has 0 radical (unpaired) electrons. The molecule has 1 saturated heterocycles. The van der Waals surface area contributed by atoms with E-state index in [1.165, 1.54) is 0 Å². The van der Waals surface area contributed by atoms with Crippen molar-refractivity contribution in [1.82, 2.24) is 19.3 Å². The maximum absolute atomic E-state index is 12.2. The van der Waals surface area contributed by atoms with Crippen LogP contribution in [0.1, 0.15) is 0 Å². The fourth-order valence-electron chi connectivity index (χ4n) is 3.13. The first kappa shape index (κ1) is 15.6. The fourth-order valence-corrected chi connectivity index (χ4v) is 3.13. The molecule has 7 heteroatoms. The molecule has 7 nitrogen and oxygen atoms in total. The van der Waals surface area contributed by atoms with Crippen LogP contribution >= 0.6 is 0 Å². The van der Waals surface area contributed by atoms with Gasteiger partial charge in [0, 0.05) is 44.3 Å². The Balaban J connectivity index is 1.34. The number of carbonyl (C=O) groups is 1. The number of aromatic nitrogens is 3. The van der Waals surface area contributed by atoms with Gasteiger partial charge in [-0.25, -0.2) is 9.97 Å². The predicted molar refractivity (Wildman–Crippen MR) is 96.7 cm³/mol. The molecular formula is C18H20N6O. The van der Waals surface area contributed by atoms with Crippen LogP contribution in [0.3, 0.4) is 0 Å². The standard InChI is InChI=1S/C18H20N6O/c25-17(21-15-4-2-1-3-5-15)13-22-8-10-23(11-9-22)18-16-12-19-14-24(16)7-6-20-18/h1-7,12,14H,8-11,13H2,(H,21,25). The number of hydrogen-bond donors (Lipinski definition) is 1. The van der Waals surface area contributed by atoms with Crippen molar-refractivity contribution < 1.29 is 4.79 Å². The van der Waals surface area contributed by atoms with Gasteiger partial charge < -0.3 is 14.6 Å². The van der Waals surface area contributed by atoms with Crippen molar-refractivity contribution >= 4 is 22.9 Å². The summed E-state index contributed by atoms with van der Waals surface area (Å²) >= 11 is 0. The lowest BCUT2D eigenvalue weighted by molar-refractivity contribution is -0.117. The second-order valence-corrected chi connectivity index (χ2v) is 6.11. The van der Waals surface area contributed by atoms with Crippen molar-refractivity contribution in [3.05, 3.63) is 55.2 Å². The van der Waals surface area contributed by atoms with Gasteiger partial charge in [-0.1, -0.05) is 18.2 Å². The first-order valence-corrected chi connectivity index (χ1v) is 8.38. The zero-order valence-electron chi connectivity index (χ0n) is 13.9. The molecule has 1 aliphatic heterocycles. The highest BCUT2D eigenvalue weighted by Crippen LogP contribution is 2.19. The van der Waals surface area contributed by atoms with Gasteiger partial charge in [0.2, 0.25) is 5.91 Å². The van der Waals surface area contributed by atoms with Gasteiger partial charge in [-0.3, -0.25) is 9.69 Å². The summed E-state index contributed by atoms with van der Waals surface area (Å²) in [6, 6.07) is 9.56. The van der Waals surface area contributed by atoms with Gasteiger partial charge in [-0.05, 0) is 12.1 Å². The lowest BCUT2D eigenvalue weighted by Crippen LogP contribution is -2.49. The molecule has 0 saturated carbocycles. The Labute approximate surface area is 145 Å². The normalized spacial score (nSPS) is 15.4. The quantitative estimate of drug-likeness (QED) is 0.782. The smallest absolute Gasteiger partial charge is 0.238 e. The van der Waals surface area contributed by atoms with Gasteiger partial charge in [0.1, 0.15) is 5.52 Å². The molecule has 1 N–H and O–H groups in total. The Hall–Kier alpha value is -2.93. The molecule has 25 heavy (non-hydrogen) atoms. The van der Waals surface area contributed by atoms with Crippen LogP contribution in [0.25, 0.3) is 5.52 Å². The number of rotatable bonds is 4. The number of amides is 1. The zero-order valence-corrected chi connectivity index (χ0v) is 13.9. The van der Waals surface area contributed by atoms with Crippen LogP contribution in [0, 0.1) is 0 Å². The molecule has 1 aliphatic rings. The van der Waals surface area contributed by atoms with Crippen LogP contribution in [0.15, 0.2) is 55.2 Å². The number of imidazole rings is 1. The number of nitrogens with zero attached hydrogens (tertiary/aromatic N) is 5. The highest BCUT2D eigenvalue weighted by molar-refractivity contribution is 5.92. The molecule has 3 heterocycles. The summed E-state index contributed by atoms with van der Waals surface area (Å²) in [6.07, 6.45) is 7.31. The van der Waals surface area contributed by atoms with Crippen LogP contribution in [0.5, 0.6) is 0 Å². The molecule has 128 valence electrons. The Bertz CT molecular complexity index is 854. The lowest BCUT2D eigenvalue weighted by atomic mass is 10.3. The maximum Gasteiger partial charge on any atom is 0.238 e. The van der Waals surface area contributed by atoms with E-state index in [0.29, 0.717) is 6.54 Å². The van der Waals surface area contributed by atoms with Crippen LogP contribution in [-0.4, -0.2) is 57.9 Å². The van der Waals surface area contributed by atoms with Gasteiger partial charge in [0.05, 0.1) is 19.1 Å². The molecule has 2 aromatic heterocycles. The summed E-state index contributed by atoms with van der Waals surface area (Å²) in [4.78, 5) is 25.3. The summed E-state index contributed by atoms with van der Waals surface area (Å²) in [5.41, 5.74) is 1.85. The largest absolute Gasteiger partial charge is 0.352 e. The first-order chi connectivity index (χ1) is 12.3. The molecular weight excluding hydrogens is 316 g/mol. The number of carbonyl (C=O) groups excluding carboxylic acids is 1. The van der Waals surface area contributed by atoms with Crippen LogP contribution in [0.2, 0.25) is 0 Å². The minimum absolute atomic E-state index is 0.0238. The van der Waals surface area contributed by atoms with Crippen molar-refractivity contribution in [3.8, 4) is 0 Å². The number of hydrogen-bond acceptors (Lipinski definition) is 5. The van der Waals surface area contributed by atoms with Crippen molar-refractivity contribution in [2.45, 2.75) is 0 Å². The van der Waals surface area contributed by atoms with E-state index in [1.807, 2.05) is 47.1 Å². The molecule has 1 fully saturated rings. The van der Waals surface area contributed by atoms with E-state index < -0.39 is 0 Å². The van der Waals surface area contributed by atoms with Crippen LogP contribution < -0.4 is 10.2 Å². The third-order valence-corrected chi connectivity index (χ3v) is 4.42. The van der Waals surface area contributed by atoms with Crippen molar-refractivity contribution in [2.24, 2.45) is 0 Å². The monoisotopic (exact) mass is 336 g/mol. The van der Waals surface area contributed by atoms with Crippen molar-refractivity contribution in [2.75, 3.05) is 42.9 Å². The number of fused-ring (bicyclic) bond motifs is 1. The van der Waals surface area contributed by atoms with E-state index in [0.717, 1.165) is 43.2 Å². The summed E-state index contributed by atoms with van der Waals surface area (Å²) in [7, 11) is 0. The van der Waals surface area contributed by atoms with E-state index in [2.05, 4.69) is 25.1 Å². The van der Waals surface area contributed by atoms with Gasteiger partial charge in [0.25, 0.3) is 0 Å². The predicted octanol–water partition coefficient (Wildman–Crippen LogP) is 1.49. The molecule has 1 aromatic carbocycles. The number of anilines is 2. The minimum Gasteiger partial charge on any atom is -0.352 e. The highest BCUT2D eigenvalue weighted by Gasteiger charge is 2.21. The van der Waals surface area contributed by atoms with Crippen molar-refractivity contribution in [1.29, 1.82) is 0 Å². The number of para-hydroxylation sites is 1. The SMILES string of the molecule is O=C(CN1CCN(c2nccn3cncc23)CC1)Nc1ccccc1. The Kier molecular flexibility index (Phi) is 4.30. The molecule has 0 unspecified atom stereocenters. The van der Waals surface area contributed by atoms with E-state index in [9.17, 15) is 4.79 Å². The third kappa shape index (κ3) is 3.46. The Morgan fingerprint density at radius 3 is 2.72 bits per heavy atom. The van der Waals surface area contributed by atoms with E-state index in [1.54, 1.807) is 12.5 Å². The molecule has 1 amide bonds. The molecule has 3 aromatic rings. The lowest BCUT2D eigenvalue weighted by Gasteiger charge is -2.35. The number of nitrogens with one attached hydrogen (secondary N) is 1. The Morgan fingerprint density at radius 1 is 1.12 bits per heavy atom. The molecule has 0 spiro atoms. The van der Waals surface area contributed by atoms with Gasteiger partial charge in [-0.15, -0.1) is 0 Å². The van der Waals surface area contributed by atoms with Crippen LogP contribution in [0.4, 0.5) is 11.5 Å². The van der Waals surface area contributed by atoms with Gasteiger partial charge >= 0.3 is 0 Å². The summed E-state index contributed by atoms with van der Waals surface area (Å²) in [5, 5.41) is 2.93. The topological polar surface area (TPSA) is 65.8 Å². The van der Waals surface area contributed by atoms with E-state index in [4.69, 9.17) is 0 Å². The molecule has 0 bridgehead atoms. The number of benzene rings is 1. The Morgan fingerprint density at radius 2 is 1.92 bits per heavy atom. The summed E-state index contributed by atoms with van der Waals surface area (Å²) < 4.78 is 1.97. The molecule has 0 aliphatic carbocycles. The highest BCUT2D eigenvalue weighted by atomic mass is 16.2. The molecule has 4 rings (SSSR count). The van der Waals surface area contributed by atoms with Gasteiger partial charge in [-0.2, -0.15) is 0 Å². The second kappa shape index (κ2) is 6.90. The van der Waals surface area contributed by atoms with E-state index in [-0.39, 0.29) is 5.91 Å². The zero-order chi connectivity index (χ0) is 17.1. The fraction of sp³-hybridized carbons (Fsp3) is 0.278. The summed E-state index contributed by atoms with van der Waals surface area (Å²) in [6.45, 7) is 3.76. The van der Waals surface area contributed by atoms with Gasteiger partial charge in [0.15, 0.2) is 5.82 Å². The average molecular weight is 336 g/mol. The van der Waals surface area contributed by atoms with E-state index >= 15 is 0 Å². The average Bonchev–Trinajstić information content (AvgIpc) is 3.12. The summed E-state index contributed by atoms with van der Waals surface area (Å²) in [5.74, 6) is 0.976. The number of piperazine rings is 1. The molecule has 0 atom stereocenters. The third-order valence-electron chi connectivity index (χ3n) is 4.42. The van der Waals surface area contributed by atoms with Crippen LogP contribution in [-0.2, 0) is 4.79 Å². The minimum atomic E-state index is 0.0238. The second-order valence-electron chi connectivity index (χ2n) is 6.11. The van der Waals surface area contributed by atoms with Crippen molar-refractivity contribution in [3.63, 3.8) is 0 Å². The first-order valence-electron chi connectivity index (χ1n) is 8.38.